The van der Waals surface area contributed by atoms with Gasteiger partial charge in [-0.3, -0.25) is 4.79 Å². The summed E-state index contributed by atoms with van der Waals surface area (Å²) in [4.78, 5) is 17.7. The Kier molecular flexibility index (Phi) is 6.16. The van der Waals surface area contributed by atoms with Gasteiger partial charge in [-0.15, -0.1) is 0 Å². The van der Waals surface area contributed by atoms with Crippen LogP contribution in [0.3, 0.4) is 0 Å². The quantitative estimate of drug-likeness (QED) is 0.820. The lowest BCUT2D eigenvalue weighted by Crippen LogP contribution is -2.46. The monoisotopic (exact) mass is 393 g/mol. The van der Waals surface area contributed by atoms with Crippen LogP contribution in [0.15, 0.2) is 54.6 Å². The van der Waals surface area contributed by atoms with Gasteiger partial charge in [0.2, 0.25) is 0 Å². The zero-order chi connectivity index (χ0) is 20.2. The fourth-order valence-electron chi connectivity index (χ4n) is 4.67. The normalized spacial score (nSPS) is 23.8. The molecule has 154 valence electrons. The molecule has 5 heteroatoms. The van der Waals surface area contributed by atoms with Crippen molar-refractivity contribution in [1.29, 1.82) is 0 Å². The number of hydrogen-bond acceptors (Lipinski definition) is 4. The number of nitrogens with zero attached hydrogens (tertiary/aromatic N) is 2. The summed E-state index contributed by atoms with van der Waals surface area (Å²) in [5.41, 5.74) is 2.06. The van der Waals surface area contributed by atoms with Crippen LogP contribution in [0.25, 0.3) is 0 Å². The van der Waals surface area contributed by atoms with Gasteiger partial charge in [-0.2, -0.15) is 0 Å². The average molecular weight is 394 g/mol. The highest BCUT2D eigenvalue weighted by Gasteiger charge is 2.45. The van der Waals surface area contributed by atoms with Crippen molar-refractivity contribution in [3.63, 3.8) is 0 Å². The Morgan fingerprint density at radius 3 is 2.79 bits per heavy atom. The van der Waals surface area contributed by atoms with Crippen molar-refractivity contribution in [2.45, 2.75) is 18.4 Å². The van der Waals surface area contributed by atoms with Crippen molar-refractivity contribution >= 4 is 5.91 Å². The number of likely N-dealkylation sites (tertiary alicyclic amines) is 1. The SMILES string of the molecule is CN(C)CCOc1cccc(C(=O)N2C[C@@H](c3ccccc3)[C@@H]3CNCC[C@@H]32)c1. The largest absolute Gasteiger partial charge is 0.492 e. The molecule has 5 nitrogen and oxygen atoms in total. The molecule has 0 bridgehead atoms. The minimum absolute atomic E-state index is 0.124. The predicted molar refractivity (Wildman–Crippen MR) is 115 cm³/mol. The molecule has 29 heavy (non-hydrogen) atoms. The van der Waals surface area contributed by atoms with Crippen molar-refractivity contribution in [2.75, 3.05) is 46.9 Å². The maximum absolute atomic E-state index is 13.5. The van der Waals surface area contributed by atoms with Crippen LogP contribution in [0.5, 0.6) is 5.75 Å². The third kappa shape index (κ3) is 4.46. The van der Waals surface area contributed by atoms with E-state index in [4.69, 9.17) is 4.74 Å². The van der Waals surface area contributed by atoms with Crippen molar-refractivity contribution < 1.29 is 9.53 Å². The second kappa shape index (κ2) is 8.97. The van der Waals surface area contributed by atoms with E-state index in [1.807, 2.05) is 38.4 Å². The highest BCUT2D eigenvalue weighted by atomic mass is 16.5. The van der Waals surface area contributed by atoms with Crippen molar-refractivity contribution in [2.24, 2.45) is 5.92 Å². The first-order valence-electron chi connectivity index (χ1n) is 10.6. The second-order valence-corrected chi connectivity index (χ2v) is 8.38. The standard InChI is InChI=1S/C24H31N3O2/c1-26(2)13-14-29-20-10-6-9-19(15-20)24(28)27-17-22(18-7-4-3-5-8-18)21-16-25-12-11-23(21)27/h3-10,15,21-23,25H,11-14,16-17H2,1-2H3/t21-,22-,23-/m0/s1. The van der Waals surface area contributed by atoms with E-state index >= 15 is 0 Å². The third-order valence-corrected chi connectivity index (χ3v) is 6.18. The fourth-order valence-corrected chi connectivity index (χ4v) is 4.67. The van der Waals surface area contributed by atoms with Crippen molar-refractivity contribution in [3.05, 3.63) is 65.7 Å². The number of carbonyl (C=O) groups excluding carboxylic acids is 1. The zero-order valence-corrected chi connectivity index (χ0v) is 17.4. The minimum Gasteiger partial charge on any atom is -0.492 e. The number of piperidine rings is 1. The number of fused-ring (bicyclic) bond motifs is 1. The second-order valence-electron chi connectivity index (χ2n) is 8.38. The van der Waals surface area contributed by atoms with Crippen LogP contribution >= 0.6 is 0 Å². The highest BCUT2D eigenvalue weighted by Crippen LogP contribution is 2.40. The molecule has 2 fully saturated rings. The Morgan fingerprint density at radius 1 is 1.17 bits per heavy atom. The van der Waals surface area contributed by atoms with Gasteiger partial charge >= 0.3 is 0 Å². The van der Waals surface area contributed by atoms with Gasteiger partial charge in [0, 0.05) is 43.1 Å². The maximum Gasteiger partial charge on any atom is 0.254 e. The number of likely N-dealkylation sites (N-methyl/N-ethyl adjacent to an activating group) is 1. The number of amides is 1. The van der Waals surface area contributed by atoms with Crippen LogP contribution in [0, 0.1) is 5.92 Å². The lowest BCUT2D eigenvalue weighted by Gasteiger charge is -2.33. The first-order valence-corrected chi connectivity index (χ1v) is 10.6. The molecule has 2 saturated heterocycles. The number of nitrogens with one attached hydrogen (secondary N) is 1. The molecule has 0 aliphatic carbocycles. The van der Waals surface area contributed by atoms with Crippen LogP contribution < -0.4 is 10.1 Å². The summed E-state index contributed by atoms with van der Waals surface area (Å²) in [7, 11) is 4.05. The lowest BCUT2D eigenvalue weighted by atomic mass is 9.82. The van der Waals surface area contributed by atoms with E-state index < -0.39 is 0 Å². The number of hydrogen-bond donors (Lipinski definition) is 1. The molecule has 2 aliphatic heterocycles. The van der Waals surface area contributed by atoms with Crippen LogP contribution in [0.4, 0.5) is 0 Å². The summed E-state index contributed by atoms with van der Waals surface area (Å²) in [5, 5.41) is 3.53. The summed E-state index contributed by atoms with van der Waals surface area (Å²) < 4.78 is 5.84. The van der Waals surface area contributed by atoms with Crippen LogP contribution in [0.1, 0.15) is 28.3 Å². The Labute approximate surface area is 173 Å². The Morgan fingerprint density at radius 2 is 2.00 bits per heavy atom. The van der Waals surface area contributed by atoms with Gasteiger partial charge in [-0.1, -0.05) is 36.4 Å². The van der Waals surface area contributed by atoms with Gasteiger partial charge in [0.25, 0.3) is 5.91 Å². The van der Waals surface area contributed by atoms with Crippen LogP contribution in [0.2, 0.25) is 0 Å². The van der Waals surface area contributed by atoms with E-state index in [1.54, 1.807) is 0 Å². The molecular formula is C24H31N3O2. The lowest BCUT2D eigenvalue weighted by molar-refractivity contribution is 0.0697. The van der Waals surface area contributed by atoms with E-state index in [0.717, 1.165) is 43.9 Å². The number of rotatable bonds is 6. The van der Waals surface area contributed by atoms with Crippen LogP contribution in [-0.2, 0) is 0 Å². The summed E-state index contributed by atoms with van der Waals surface area (Å²) in [6, 6.07) is 18.6. The molecule has 2 aromatic carbocycles. The molecule has 0 spiro atoms. The first kappa shape index (κ1) is 19.9. The summed E-state index contributed by atoms with van der Waals surface area (Å²) in [5.74, 6) is 1.74. The van der Waals surface area contributed by atoms with E-state index in [-0.39, 0.29) is 5.91 Å². The van der Waals surface area contributed by atoms with E-state index in [1.165, 1.54) is 5.56 Å². The van der Waals surface area contributed by atoms with Gasteiger partial charge in [-0.25, -0.2) is 0 Å². The van der Waals surface area contributed by atoms with Gasteiger partial charge in [0.15, 0.2) is 0 Å². The molecule has 1 N–H and O–H groups in total. The van der Waals surface area contributed by atoms with Gasteiger partial charge in [-0.05, 0) is 50.8 Å². The maximum atomic E-state index is 13.5. The van der Waals surface area contributed by atoms with Gasteiger partial charge < -0.3 is 19.9 Å². The van der Waals surface area contributed by atoms with E-state index in [2.05, 4.69) is 45.4 Å². The molecule has 2 heterocycles. The summed E-state index contributed by atoms with van der Waals surface area (Å²) in [6.45, 7) is 4.19. The zero-order valence-electron chi connectivity index (χ0n) is 17.4. The predicted octanol–water partition coefficient (Wildman–Crippen LogP) is 2.84. The van der Waals surface area contributed by atoms with Crippen molar-refractivity contribution in [1.82, 2.24) is 15.1 Å². The number of carbonyl (C=O) groups is 1. The highest BCUT2D eigenvalue weighted by molar-refractivity contribution is 5.95. The Balaban J connectivity index is 1.52. The van der Waals surface area contributed by atoms with Gasteiger partial charge in [0.1, 0.15) is 12.4 Å². The molecule has 0 unspecified atom stereocenters. The fraction of sp³-hybridized carbons (Fsp3) is 0.458. The Bertz CT molecular complexity index is 824. The molecular weight excluding hydrogens is 362 g/mol. The van der Waals surface area contributed by atoms with Gasteiger partial charge in [0.05, 0.1) is 0 Å². The van der Waals surface area contributed by atoms with E-state index in [9.17, 15) is 4.79 Å². The number of ether oxygens (including phenoxy) is 1. The van der Waals surface area contributed by atoms with E-state index in [0.29, 0.717) is 24.5 Å². The summed E-state index contributed by atoms with van der Waals surface area (Å²) >= 11 is 0. The topological polar surface area (TPSA) is 44.8 Å². The molecule has 2 aromatic rings. The molecule has 0 radical (unpaired) electrons. The first-order chi connectivity index (χ1) is 14.1. The van der Waals surface area contributed by atoms with Crippen molar-refractivity contribution in [3.8, 4) is 5.75 Å². The minimum atomic E-state index is 0.124. The third-order valence-electron chi connectivity index (χ3n) is 6.18. The number of benzene rings is 2. The smallest absolute Gasteiger partial charge is 0.254 e. The molecule has 4 rings (SSSR count). The average Bonchev–Trinajstić information content (AvgIpc) is 3.13. The molecule has 3 atom stereocenters. The van der Waals surface area contributed by atoms with Crippen LogP contribution in [-0.4, -0.2) is 68.6 Å². The molecule has 2 aliphatic rings. The Hall–Kier alpha value is -2.37. The molecule has 0 aromatic heterocycles. The molecule has 1 amide bonds. The summed E-state index contributed by atoms with van der Waals surface area (Å²) in [6.07, 6.45) is 1.01. The molecule has 0 saturated carbocycles.